The Morgan fingerprint density at radius 2 is 2.14 bits per heavy atom. The van der Waals surface area contributed by atoms with Crippen LogP contribution in [0.2, 0.25) is 0 Å². The molecule has 1 N–H and O–H groups in total. The molecular weight excluding hydrogens is 378 g/mol. The van der Waals surface area contributed by atoms with Gasteiger partial charge in [0.25, 0.3) is 5.91 Å². The monoisotopic (exact) mass is 399 g/mol. The Kier molecular flexibility index (Phi) is 5.95. The second-order valence-corrected chi connectivity index (χ2v) is 7.92. The predicted octanol–water partition coefficient (Wildman–Crippen LogP) is 3.00. The van der Waals surface area contributed by atoms with Gasteiger partial charge in [-0.25, -0.2) is 9.78 Å². The minimum Gasteiger partial charge on any atom is -0.486 e. The van der Waals surface area contributed by atoms with Crippen molar-refractivity contribution in [1.82, 2.24) is 10.3 Å². The fourth-order valence-electron chi connectivity index (χ4n) is 2.80. The van der Waals surface area contributed by atoms with Gasteiger partial charge in [-0.2, -0.15) is 5.26 Å². The number of amides is 1. The van der Waals surface area contributed by atoms with E-state index in [1.165, 1.54) is 11.3 Å². The van der Waals surface area contributed by atoms with Gasteiger partial charge in [-0.05, 0) is 44.7 Å². The lowest BCUT2D eigenvalue weighted by Crippen LogP contribution is -2.48. The van der Waals surface area contributed by atoms with E-state index in [-0.39, 0.29) is 18.1 Å². The summed E-state index contributed by atoms with van der Waals surface area (Å²) in [6, 6.07) is 8.81. The van der Waals surface area contributed by atoms with Gasteiger partial charge < -0.3 is 14.8 Å². The molecule has 1 atom stereocenters. The highest BCUT2D eigenvalue weighted by atomic mass is 32.1. The Balaban J connectivity index is 1.56. The van der Waals surface area contributed by atoms with Crippen molar-refractivity contribution in [3.8, 4) is 11.8 Å². The number of rotatable bonds is 8. The van der Waals surface area contributed by atoms with Crippen molar-refractivity contribution in [2.75, 3.05) is 6.61 Å². The van der Waals surface area contributed by atoms with Gasteiger partial charge in [0, 0.05) is 5.38 Å². The maximum Gasteiger partial charge on any atom is 0.342 e. The summed E-state index contributed by atoms with van der Waals surface area (Å²) in [4.78, 5) is 28.8. The Morgan fingerprint density at radius 3 is 2.79 bits per heavy atom. The van der Waals surface area contributed by atoms with Gasteiger partial charge >= 0.3 is 5.97 Å². The van der Waals surface area contributed by atoms with Crippen LogP contribution in [-0.4, -0.2) is 29.0 Å². The normalized spacial score (nSPS) is 15.2. The molecule has 3 rings (SSSR count). The number of para-hydroxylation sites is 1. The van der Waals surface area contributed by atoms with E-state index in [0.717, 1.165) is 23.5 Å². The van der Waals surface area contributed by atoms with Crippen LogP contribution in [-0.2, 0) is 16.1 Å². The number of ether oxygens (including phenoxy) is 2. The number of benzene rings is 1. The van der Waals surface area contributed by atoms with Crippen LogP contribution >= 0.6 is 11.3 Å². The van der Waals surface area contributed by atoms with E-state index in [4.69, 9.17) is 9.47 Å². The number of nitrogens with zero attached hydrogens (tertiary/aromatic N) is 2. The average Bonchev–Trinajstić information content (AvgIpc) is 3.47. The van der Waals surface area contributed by atoms with E-state index in [0.29, 0.717) is 5.75 Å². The number of thiazole rings is 1. The molecule has 0 radical (unpaired) electrons. The lowest BCUT2D eigenvalue weighted by molar-refractivity contribution is -0.125. The Hall–Kier alpha value is -2.92. The zero-order valence-corrected chi connectivity index (χ0v) is 16.5. The molecule has 0 unspecified atom stereocenters. The summed E-state index contributed by atoms with van der Waals surface area (Å²) in [6.07, 6.45) is 1.82. The third kappa shape index (κ3) is 4.87. The third-order valence-corrected chi connectivity index (χ3v) is 5.33. The molecule has 28 heavy (non-hydrogen) atoms. The lowest BCUT2D eigenvalue weighted by Gasteiger charge is -2.22. The van der Waals surface area contributed by atoms with Crippen molar-refractivity contribution >= 4 is 23.2 Å². The van der Waals surface area contributed by atoms with Crippen molar-refractivity contribution in [2.45, 2.75) is 38.8 Å². The number of hydrogen-bond donors (Lipinski definition) is 1. The van der Waals surface area contributed by atoms with Crippen LogP contribution in [0.5, 0.6) is 5.75 Å². The fraction of sp³-hybridized carbons (Fsp3) is 0.400. The Bertz CT molecular complexity index is 916. The fourth-order valence-corrected chi connectivity index (χ4v) is 3.40. The molecule has 8 heteroatoms. The van der Waals surface area contributed by atoms with Crippen molar-refractivity contribution in [3.05, 3.63) is 45.9 Å². The first-order valence-electron chi connectivity index (χ1n) is 8.93. The van der Waals surface area contributed by atoms with Gasteiger partial charge in [0.1, 0.15) is 23.5 Å². The summed E-state index contributed by atoms with van der Waals surface area (Å²) in [5.74, 6) is -0.648. The molecule has 0 spiro atoms. The zero-order valence-electron chi connectivity index (χ0n) is 15.7. The molecule has 0 aliphatic heterocycles. The van der Waals surface area contributed by atoms with Gasteiger partial charge in [0.05, 0.1) is 16.8 Å². The topological polar surface area (TPSA) is 101 Å². The number of aromatic nitrogens is 1. The predicted molar refractivity (Wildman–Crippen MR) is 103 cm³/mol. The van der Waals surface area contributed by atoms with Gasteiger partial charge in [-0.15, -0.1) is 11.3 Å². The molecule has 1 aromatic heterocycles. The van der Waals surface area contributed by atoms with E-state index in [1.807, 2.05) is 12.3 Å². The summed E-state index contributed by atoms with van der Waals surface area (Å²) in [7, 11) is 0. The SMILES string of the molecule is Cc1nc(COc2ccccc2C(=O)OCC(=O)N[C@](C)(C#N)C2CC2)cs1. The van der Waals surface area contributed by atoms with Crippen LogP contribution in [0.3, 0.4) is 0 Å². The third-order valence-electron chi connectivity index (χ3n) is 4.51. The van der Waals surface area contributed by atoms with E-state index in [2.05, 4.69) is 16.4 Å². The second-order valence-electron chi connectivity index (χ2n) is 6.86. The number of aryl methyl sites for hydroxylation is 1. The van der Waals surface area contributed by atoms with Crippen LogP contribution in [0.4, 0.5) is 0 Å². The van der Waals surface area contributed by atoms with Crippen LogP contribution < -0.4 is 10.1 Å². The molecule has 1 amide bonds. The van der Waals surface area contributed by atoms with Gasteiger partial charge in [0.15, 0.2) is 6.61 Å². The number of hydrogen-bond acceptors (Lipinski definition) is 7. The molecule has 1 heterocycles. The van der Waals surface area contributed by atoms with Gasteiger partial charge in [0.2, 0.25) is 0 Å². The summed E-state index contributed by atoms with van der Waals surface area (Å²) >= 11 is 1.52. The van der Waals surface area contributed by atoms with Crippen LogP contribution in [0.1, 0.15) is 40.8 Å². The smallest absolute Gasteiger partial charge is 0.342 e. The zero-order chi connectivity index (χ0) is 20.1. The van der Waals surface area contributed by atoms with E-state index in [9.17, 15) is 14.9 Å². The minimum absolute atomic E-state index is 0.153. The van der Waals surface area contributed by atoms with E-state index < -0.39 is 24.0 Å². The van der Waals surface area contributed by atoms with Crippen LogP contribution in [0.25, 0.3) is 0 Å². The molecule has 0 bridgehead atoms. The lowest BCUT2D eigenvalue weighted by atomic mass is 9.98. The van der Waals surface area contributed by atoms with Gasteiger partial charge in [-0.1, -0.05) is 12.1 Å². The van der Waals surface area contributed by atoms with Crippen LogP contribution in [0, 0.1) is 24.2 Å². The van der Waals surface area contributed by atoms with Crippen molar-refractivity contribution in [2.24, 2.45) is 5.92 Å². The highest BCUT2D eigenvalue weighted by Gasteiger charge is 2.43. The molecule has 1 fully saturated rings. The molecule has 1 aliphatic rings. The highest BCUT2D eigenvalue weighted by molar-refractivity contribution is 7.09. The Morgan fingerprint density at radius 1 is 1.39 bits per heavy atom. The van der Waals surface area contributed by atoms with E-state index in [1.54, 1.807) is 31.2 Å². The summed E-state index contributed by atoms with van der Waals surface area (Å²) < 4.78 is 10.8. The van der Waals surface area contributed by atoms with Crippen molar-refractivity contribution in [1.29, 1.82) is 5.26 Å². The molecule has 7 nitrogen and oxygen atoms in total. The van der Waals surface area contributed by atoms with E-state index >= 15 is 0 Å². The molecule has 1 saturated carbocycles. The first-order chi connectivity index (χ1) is 13.4. The number of nitriles is 1. The first-order valence-corrected chi connectivity index (χ1v) is 9.81. The minimum atomic E-state index is -0.920. The van der Waals surface area contributed by atoms with Crippen LogP contribution in [0.15, 0.2) is 29.6 Å². The molecule has 1 aliphatic carbocycles. The molecule has 0 saturated heterocycles. The Labute approximate surface area is 167 Å². The average molecular weight is 399 g/mol. The second kappa shape index (κ2) is 8.40. The molecular formula is C20H21N3O4S. The van der Waals surface area contributed by atoms with Crippen molar-refractivity contribution in [3.63, 3.8) is 0 Å². The van der Waals surface area contributed by atoms with Crippen molar-refractivity contribution < 1.29 is 19.1 Å². The molecule has 2 aromatic rings. The molecule has 146 valence electrons. The highest BCUT2D eigenvalue weighted by Crippen LogP contribution is 2.39. The quantitative estimate of drug-likeness (QED) is 0.685. The summed E-state index contributed by atoms with van der Waals surface area (Å²) in [5.41, 5.74) is 0.0873. The maximum atomic E-state index is 12.4. The first kappa shape index (κ1) is 19.8. The number of nitrogens with one attached hydrogen (secondary N) is 1. The largest absolute Gasteiger partial charge is 0.486 e. The summed E-state index contributed by atoms with van der Waals surface area (Å²) in [6.45, 7) is 3.37. The standard InChI is InChI=1S/C20H21N3O4S/c1-13-22-15(11-28-13)9-26-17-6-4-3-5-16(17)19(25)27-10-18(24)23-20(2,12-21)14-7-8-14/h3-6,11,14H,7-10H2,1-2H3,(H,23,24)/t20-/m1/s1. The number of carbonyl (C=O) groups is 2. The number of carbonyl (C=O) groups excluding carboxylic acids is 2. The molecule has 1 aromatic carbocycles. The number of esters is 1. The summed E-state index contributed by atoms with van der Waals surface area (Å²) in [5, 5.41) is 14.8. The maximum absolute atomic E-state index is 12.4. The van der Waals surface area contributed by atoms with Gasteiger partial charge in [-0.3, -0.25) is 4.79 Å².